The van der Waals surface area contributed by atoms with Gasteiger partial charge in [0.15, 0.2) is 0 Å². The molecule has 0 radical (unpaired) electrons. The molecule has 0 saturated heterocycles. The molecule has 2 saturated carbocycles. The molecule has 4 atom stereocenters. The number of carbonyl (C=O) groups excluding carboxylic acids is 1. The molecule has 0 aromatic heterocycles. The Balaban J connectivity index is 2.03. The van der Waals surface area contributed by atoms with Gasteiger partial charge >= 0.3 is 5.97 Å². The molecule has 0 aromatic carbocycles. The van der Waals surface area contributed by atoms with Crippen LogP contribution in [0.3, 0.4) is 0 Å². The second-order valence-electron chi connectivity index (χ2n) is 4.99. The minimum atomic E-state index is -0.146. The molecule has 2 heteroatoms. The molecule has 0 N–H and O–H groups in total. The first-order valence-corrected chi connectivity index (χ1v) is 5.94. The normalized spacial score (nSPS) is 38.3. The molecule has 0 heterocycles. The highest BCUT2D eigenvalue weighted by Gasteiger charge is 2.45. The molecule has 2 nitrogen and oxygen atoms in total. The number of hydrogen-bond acceptors (Lipinski definition) is 2. The van der Waals surface area contributed by atoms with Gasteiger partial charge in [0.2, 0.25) is 0 Å². The Morgan fingerprint density at radius 3 is 2.80 bits per heavy atom. The fourth-order valence-electron chi connectivity index (χ4n) is 3.46. The van der Waals surface area contributed by atoms with E-state index in [4.69, 9.17) is 4.74 Å². The first kappa shape index (κ1) is 10.7. The van der Waals surface area contributed by atoms with Gasteiger partial charge in [-0.1, -0.05) is 11.6 Å². The number of hydrogen-bond donors (Lipinski definition) is 0. The second-order valence-corrected chi connectivity index (χ2v) is 4.99. The van der Waals surface area contributed by atoms with Crippen molar-refractivity contribution < 1.29 is 9.53 Å². The molecule has 4 unspecified atom stereocenters. The van der Waals surface area contributed by atoms with E-state index in [1.165, 1.54) is 26.2 Å². The minimum Gasteiger partial charge on any atom is -0.463 e. The molecule has 2 fully saturated rings. The highest BCUT2D eigenvalue weighted by atomic mass is 16.5. The van der Waals surface area contributed by atoms with Crippen molar-refractivity contribution in [3.8, 4) is 0 Å². The first-order valence-electron chi connectivity index (χ1n) is 5.94. The maximum atomic E-state index is 10.9. The van der Waals surface area contributed by atoms with Gasteiger partial charge in [-0.3, -0.25) is 4.79 Å². The Morgan fingerprint density at radius 2 is 2.27 bits per heavy atom. The molecular weight excluding hydrogens is 188 g/mol. The number of ether oxygens (including phenoxy) is 1. The van der Waals surface area contributed by atoms with Crippen molar-refractivity contribution >= 4 is 5.97 Å². The van der Waals surface area contributed by atoms with Crippen LogP contribution in [0.4, 0.5) is 0 Å². The predicted octanol–water partition coefficient (Wildman–Crippen LogP) is 2.93. The number of fused-ring (bicyclic) bond motifs is 2. The van der Waals surface area contributed by atoms with Gasteiger partial charge < -0.3 is 4.74 Å². The van der Waals surface area contributed by atoms with Crippen molar-refractivity contribution in [1.82, 2.24) is 0 Å². The fourth-order valence-corrected chi connectivity index (χ4v) is 3.46. The summed E-state index contributed by atoms with van der Waals surface area (Å²) in [5.74, 6) is 1.96. The largest absolute Gasteiger partial charge is 0.463 e. The SMILES string of the molecule is CC=C1CC2CC1C(C(C)OC(C)=O)C2. The van der Waals surface area contributed by atoms with Crippen LogP contribution in [0, 0.1) is 17.8 Å². The Labute approximate surface area is 91.7 Å². The van der Waals surface area contributed by atoms with E-state index in [1.54, 1.807) is 5.57 Å². The van der Waals surface area contributed by atoms with Crippen LogP contribution in [0.15, 0.2) is 11.6 Å². The van der Waals surface area contributed by atoms with Gasteiger partial charge in [-0.05, 0) is 44.9 Å². The van der Waals surface area contributed by atoms with Crippen LogP contribution in [0.1, 0.15) is 40.0 Å². The van der Waals surface area contributed by atoms with E-state index in [0.29, 0.717) is 11.8 Å². The van der Waals surface area contributed by atoms with Crippen LogP contribution in [-0.2, 0) is 9.53 Å². The lowest BCUT2D eigenvalue weighted by molar-refractivity contribution is -0.148. The summed E-state index contributed by atoms with van der Waals surface area (Å²) in [5, 5.41) is 0. The Kier molecular flexibility index (Phi) is 2.85. The molecule has 2 bridgehead atoms. The van der Waals surface area contributed by atoms with E-state index >= 15 is 0 Å². The molecule has 2 aliphatic rings. The Morgan fingerprint density at radius 1 is 1.53 bits per heavy atom. The van der Waals surface area contributed by atoms with E-state index in [9.17, 15) is 4.79 Å². The third kappa shape index (κ3) is 1.95. The topological polar surface area (TPSA) is 26.3 Å². The maximum Gasteiger partial charge on any atom is 0.302 e. The zero-order valence-electron chi connectivity index (χ0n) is 9.82. The number of esters is 1. The highest BCUT2D eigenvalue weighted by Crippen LogP contribution is 2.52. The van der Waals surface area contributed by atoms with Crippen LogP contribution in [0.5, 0.6) is 0 Å². The lowest BCUT2D eigenvalue weighted by Gasteiger charge is -2.29. The lowest BCUT2D eigenvalue weighted by Crippen LogP contribution is -2.28. The van der Waals surface area contributed by atoms with Crippen LogP contribution < -0.4 is 0 Å². The average Bonchev–Trinajstić information content (AvgIpc) is 2.74. The molecule has 2 rings (SSSR count). The van der Waals surface area contributed by atoms with E-state index in [-0.39, 0.29) is 12.1 Å². The number of allylic oxidation sites excluding steroid dienone is 2. The van der Waals surface area contributed by atoms with E-state index in [1.807, 2.05) is 6.92 Å². The van der Waals surface area contributed by atoms with Crippen molar-refractivity contribution in [2.75, 3.05) is 0 Å². The fraction of sp³-hybridized carbons (Fsp3) is 0.769. The van der Waals surface area contributed by atoms with Gasteiger partial charge in [-0.2, -0.15) is 0 Å². The van der Waals surface area contributed by atoms with Crippen LogP contribution in [-0.4, -0.2) is 12.1 Å². The predicted molar refractivity (Wildman–Crippen MR) is 59.3 cm³/mol. The van der Waals surface area contributed by atoms with Gasteiger partial charge in [0.05, 0.1) is 0 Å². The molecule has 0 aromatic rings. The molecule has 0 amide bonds. The summed E-state index contributed by atoms with van der Waals surface area (Å²) in [5.41, 5.74) is 1.59. The first-order chi connectivity index (χ1) is 7.11. The zero-order chi connectivity index (χ0) is 11.0. The van der Waals surface area contributed by atoms with Gasteiger partial charge in [-0.25, -0.2) is 0 Å². The molecule has 84 valence electrons. The maximum absolute atomic E-state index is 10.9. The lowest BCUT2D eigenvalue weighted by atomic mass is 9.82. The molecule has 0 aliphatic heterocycles. The Hall–Kier alpha value is -0.790. The van der Waals surface area contributed by atoms with Crippen LogP contribution >= 0.6 is 0 Å². The molecule has 0 spiro atoms. The molecular formula is C13H20O2. The molecule has 2 aliphatic carbocycles. The average molecular weight is 208 g/mol. The summed E-state index contributed by atoms with van der Waals surface area (Å²) >= 11 is 0. The smallest absolute Gasteiger partial charge is 0.302 e. The van der Waals surface area contributed by atoms with E-state index < -0.39 is 0 Å². The number of carbonyl (C=O) groups is 1. The summed E-state index contributed by atoms with van der Waals surface area (Å²) in [6.45, 7) is 5.67. The van der Waals surface area contributed by atoms with Crippen LogP contribution in [0.25, 0.3) is 0 Å². The quantitative estimate of drug-likeness (QED) is 0.515. The summed E-state index contributed by atoms with van der Waals surface area (Å²) in [7, 11) is 0. The zero-order valence-corrected chi connectivity index (χ0v) is 9.82. The van der Waals surface area contributed by atoms with Crippen LogP contribution in [0.2, 0.25) is 0 Å². The molecule has 15 heavy (non-hydrogen) atoms. The van der Waals surface area contributed by atoms with Crippen molar-refractivity contribution in [3.63, 3.8) is 0 Å². The second kappa shape index (κ2) is 3.99. The third-order valence-corrected chi connectivity index (χ3v) is 4.04. The summed E-state index contributed by atoms with van der Waals surface area (Å²) < 4.78 is 5.31. The minimum absolute atomic E-state index is 0.0905. The van der Waals surface area contributed by atoms with E-state index in [0.717, 1.165) is 5.92 Å². The third-order valence-electron chi connectivity index (χ3n) is 4.04. The van der Waals surface area contributed by atoms with Crippen molar-refractivity contribution in [3.05, 3.63) is 11.6 Å². The standard InChI is InChI=1S/C13H20O2/c1-4-11-5-10-6-12(13(11)7-10)8(2)15-9(3)14/h4,8,10,12-13H,5-7H2,1-3H3. The monoisotopic (exact) mass is 208 g/mol. The van der Waals surface area contributed by atoms with Gasteiger partial charge in [-0.15, -0.1) is 0 Å². The Bertz CT molecular complexity index is 293. The number of rotatable bonds is 2. The van der Waals surface area contributed by atoms with Crippen molar-refractivity contribution in [1.29, 1.82) is 0 Å². The summed E-state index contributed by atoms with van der Waals surface area (Å²) in [6.07, 6.45) is 6.20. The summed E-state index contributed by atoms with van der Waals surface area (Å²) in [4.78, 5) is 10.9. The van der Waals surface area contributed by atoms with Gasteiger partial charge in [0.25, 0.3) is 0 Å². The van der Waals surface area contributed by atoms with E-state index in [2.05, 4.69) is 13.0 Å². The van der Waals surface area contributed by atoms with Crippen molar-refractivity contribution in [2.24, 2.45) is 17.8 Å². The van der Waals surface area contributed by atoms with Gasteiger partial charge in [0, 0.05) is 12.8 Å². The highest BCUT2D eigenvalue weighted by molar-refractivity contribution is 5.66. The summed E-state index contributed by atoms with van der Waals surface area (Å²) in [6, 6.07) is 0. The van der Waals surface area contributed by atoms with Crippen molar-refractivity contribution in [2.45, 2.75) is 46.1 Å². The van der Waals surface area contributed by atoms with Gasteiger partial charge in [0.1, 0.15) is 6.10 Å².